The Hall–Kier alpha value is -1.04. The number of allylic oxidation sites excluding steroid dienone is 6. The third-order valence-electron chi connectivity index (χ3n) is 5.14. The van der Waals surface area contributed by atoms with E-state index in [1.165, 1.54) is 55.2 Å². The molecular formula is C28H56. The predicted molar refractivity (Wildman–Crippen MR) is 137 cm³/mol. The van der Waals surface area contributed by atoms with Gasteiger partial charge in [0.1, 0.15) is 0 Å². The van der Waals surface area contributed by atoms with Crippen LogP contribution in [-0.4, -0.2) is 0 Å². The van der Waals surface area contributed by atoms with Gasteiger partial charge in [-0.25, -0.2) is 0 Å². The van der Waals surface area contributed by atoms with E-state index in [0.29, 0.717) is 11.3 Å². The van der Waals surface area contributed by atoms with Gasteiger partial charge >= 0.3 is 0 Å². The highest BCUT2D eigenvalue weighted by Crippen LogP contribution is 2.19. The summed E-state index contributed by atoms with van der Waals surface area (Å²) in [5.41, 5.74) is 4.65. The van der Waals surface area contributed by atoms with Crippen LogP contribution in [0.4, 0.5) is 0 Å². The fourth-order valence-corrected chi connectivity index (χ4v) is 1.48. The van der Waals surface area contributed by atoms with Crippen molar-refractivity contribution in [2.75, 3.05) is 0 Å². The lowest BCUT2D eigenvalue weighted by atomic mass is 9.91. The third-order valence-corrected chi connectivity index (χ3v) is 5.14. The second-order valence-electron chi connectivity index (χ2n) is 8.33. The first-order valence-corrected chi connectivity index (χ1v) is 11.5. The molecule has 0 heterocycles. The maximum absolute atomic E-state index is 3.83. The fourth-order valence-electron chi connectivity index (χ4n) is 1.48. The van der Waals surface area contributed by atoms with E-state index in [0.717, 1.165) is 0 Å². The van der Waals surface area contributed by atoms with Gasteiger partial charge < -0.3 is 0 Å². The van der Waals surface area contributed by atoms with Gasteiger partial charge in [0.15, 0.2) is 0 Å². The Bertz CT molecular complexity index is 384. The predicted octanol–water partition coefficient (Wildman–Crippen LogP) is 10.7. The molecule has 0 bridgehead atoms. The molecule has 0 fully saturated rings. The Balaban J connectivity index is -0.000000137. The van der Waals surface area contributed by atoms with E-state index in [-0.39, 0.29) is 0 Å². The summed E-state index contributed by atoms with van der Waals surface area (Å²) in [6.07, 6.45) is 13.7. The van der Waals surface area contributed by atoms with Crippen LogP contribution in [0, 0.1) is 11.3 Å². The molecule has 0 N–H and O–H groups in total. The standard InChI is InChI=1S/4C7H14/c1-5-7(3,4)6-2;1-5-7(4)6(2)3;2*1-4-6-7(3)5-2/h5H,1,6H2,2-4H3;7H,2,5H2,1,3-4H3;2*6H,4-5H2,1-3H3/b;;7-6+;7-6-. The molecule has 0 radical (unpaired) electrons. The maximum atomic E-state index is 3.83. The maximum Gasteiger partial charge on any atom is -0.0180 e. The molecule has 0 saturated heterocycles. The summed E-state index contributed by atoms with van der Waals surface area (Å²) in [6, 6.07) is 0. The smallest absolute Gasteiger partial charge is 0.0180 e. The molecule has 0 aromatic rings. The first kappa shape index (κ1) is 34.5. The van der Waals surface area contributed by atoms with Crippen LogP contribution in [0.5, 0.6) is 0 Å². The monoisotopic (exact) mass is 392 g/mol. The largest absolute Gasteiger partial charge is 0.103 e. The van der Waals surface area contributed by atoms with Crippen LogP contribution < -0.4 is 0 Å². The highest BCUT2D eigenvalue weighted by atomic mass is 14.1. The molecule has 0 aliphatic rings. The Labute approximate surface area is 181 Å². The lowest BCUT2D eigenvalue weighted by Gasteiger charge is -2.14. The molecule has 0 spiro atoms. The molecule has 0 aliphatic heterocycles. The van der Waals surface area contributed by atoms with E-state index in [2.05, 4.69) is 108 Å². The summed E-state index contributed by atoms with van der Waals surface area (Å²) in [4.78, 5) is 0. The van der Waals surface area contributed by atoms with E-state index in [4.69, 9.17) is 0 Å². The second-order valence-corrected chi connectivity index (χ2v) is 8.33. The van der Waals surface area contributed by atoms with Crippen molar-refractivity contribution in [2.24, 2.45) is 11.3 Å². The number of rotatable bonds is 8. The van der Waals surface area contributed by atoms with Crippen molar-refractivity contribution < 1.29 is 0 Å². The first-order chi connectivity index (χ1) is 12.9. The minimum Gasteiger partial charge on any atom is -0.103 e. The van der Waals surface area contributed by atoms with Crippen molar-refractivity contribution in [3.05, 3.63) is 48.1 Å². The minimum atomic E-state index is 0.347. The van der Waals surface area contributed by atoms with Crippen molar-refractivity contribution in [3.8, 4) is 0 Å². The van der Waals surface area contributed by atoms with Crippen molar-refractivity contribution in [1.29, 1.82) is 0 Å². The SMILES string of the molecule is C=C(C)C(C)CC.C=CC(C)(C)CC.CC/C=C(/C)CC.CC/C=C(\C)CC. The summed E-state index contributed by atoms with van der Waals surface area (Å²) in [5, 5.41) is 0. The topological polar surface area (TPSA) is 0 Å². The van der Waals surface area contributed by atoms with Gasteiger partial charge in [0, 0.05) is 0 Å². The molecule has 1 atom stereocenters. The van der Waals surface area contributed by atoms with Gasteiger partial charge in [-0.05, 0) is 70.6 Å². The minimum absolute atomic E-state index is 0.347. The van der Waals surface area contributed by atoms with Crippen LogP contribution in [-0.2, 0) is 0 Å². The molecule has 0 rings (SSSR count). The normalized spacial score (nSPS) is 12.3. The molecule has 0 nitrogen and oxygen atoms in total. The van der Waals surface area contributed by atoms with Gasteiger partial charge in [0.2, 0.25) is 0 Å². The Kier molecular flexibility index (Phi) is 29.5. The number of hydrogen-bond donors (Lipinski definition) is 0. The molecule has 28 heavy (non-hydrogen) atoms. The molecule has 0 saturated carbocycles. The molecule has 0 aromatic carbocycles. The van der Waals surface area contributed by atoms with E-state index in [1.807, 2.05) is 6.08 Å². The molecule has 168 valence electrons. The zero-order chi connectivity index (χ0) is 23.2. The van der Waals surface area contributed by atoms with Gasteiger partial charge in [-0.3, -0.25) is 0 Å². The van der Waals surface area contributed by atoms with Crippen LogP contribution in [0.2, 0.25) is 0 Å². The zero-order valence-corrected chi connectivity index (χ0v) is 22.0. The molecule has 0 amide bonds. The molecule has 0 heteroatoms. The third kappa shape index (κ3) is 32.6. The van der Waals surface area contributed by atoms with Crippen molar-refractivity contribution in [2.45, 2.75) is 122 Å². The van der Waals surface area contributed by atoms with Gasteiger partial charge in [-0.15, -0.1) is 6.58 Å². The van der Waals surface area contributed by atoms with Gasteiger partial charge in [-0.2, -0.15) is 0 Å². The Morgan fingerprint density at radius 2 is 1.18 bits per heavy atom. The molecule has 0 aliphatic carbocycles. The molecular weight excluding hydrogens is 336 g/mol. The zero-order valence-electron chi connectivity index (χ0n) is 22.0. The van der Waals surface area contributed by atoms with Crippen LogP contribution in [0.25, 0.3) is 0 Å². The van der Waals surface area contributed by atoms with E-state index < -0.39 is 0 Å². The lowest BCUT2D eigenvalue weighted by molar-refractivity contribution is 0.463. The summed E-state index contributed by atoms with van der Waals surface area (Å²) in [5.74, 6) is 0.708. The lowest BCUT2D eigenvalue weighted by Crippen LogP contribution is -2.02. The average molecular weight is 393 g/mol. The number of hydrogen-bond acceptors (Lipinski definition) is 0. The van der Waals surface area contributed by atoms with Crippen LogP contribution >= 0.6 is 0 Å². The summed E-state index contributed by atoms with van der Waals surface area (Å²) in [6.45, 7) is 33.5. The Morgan fingerprint density at radius 1 is 0.821 bits per heavy atom. The van der Waals surface area contributed by atoms with E-state index >= 15 is 0 Å². The summed E-state index contributed by atoms with van der Waals surface area (Å²) in [7, 11) is 0. The quantitative estimate of drug-likeness (QED) is 0.360. The highest BCUT2D eigenvalue weighted by molar-refractivity contribution is 4.96. The van der Waals surface area contributed by atoms with Gasteiger partial charge in [0.05, 0.1) is 0 Å². The Morgan fingerprint density at radius 3 is 1.21 bits per heavy atom. The second kappa shape index (κ2) is 24.0. The van der Waals surface area contributed by atoms with Crippen molar-refractivity contribution >= 4 is 0 Å². The van der Waals surface area contributed by atoms with Gasteiger partial charge in [0.25, 0.3) is 0 Å². The van der Waals surface area contributed by atoms with E-state index in [1.54, 1.807) is 0 Å². The van der Waals surface area contributed by atoms with Crippen molar-refractivity contribution in [3.63, 3.8) is 0 Å². The molecule has 0 aromatic heterocycles. The van der Waals surface area contributed by atoms with Gasteiger partial charge in [-0.1, -0.05) is 104 Å². The van der Waals surface area contributed by atoms with Crippen LogP contribution in [0.1, 0.15) is 122 Å². The van der Waals surface area contributed by atoms with E-state index in [9.17, 15) is 0 Å². The first-order valence-electron chi connectivity index (χ1n) is 11.5. The highest BCUT2D eigenvalue weighted by Gasteiger charge is 2.06. The fraction of sp³-hybridized carbons (Fsp3) is 0.714. The van der Waals surface area contributed by atoms with Crippen molar-refractivity contribution in [1.82, 2.24) is 0 Å². The average Bonchev–Trinajstić information content (AvgIpc) is 2.68. The van der Waals surface area contributed by atoms with Crippen LogP contribution in [0.3, 0.4) is 0 Å². The summed E-state index contributed by atoms with van der Waals surface area (Å²) < 4.78 is 0. The van der Waals surface area contributed by atoms with Crippen LogP contribution in [0.15, 0.2) is 48.1 Å². The molecule has 1 unspecified atom stereocenters. The summed E-state index contributed by atoms with van der Waals surface area (Å²) >= 11 is 0.